The second kappa shape index (κ2) is 6.00. The van der Waals surface area contributed by atoms with Crippen molar-refractivity contribution in [3.63, 3.8) is 0 Å². The average Bonchev–Trinajstić information content (AvgIpc) is 2.26. The van der Waals surface area contributed by atoms with Gasteiger partial charge in [0.15, 0.2) is 0 Å². The van der Waals surface area contributed by atoms with Gasteiger partial charge < -0.3 is 0 Å². The van der Waals surface area contributed by atoms with E-state index in [4.69, 9.17) is 4.74 Å². The van der Waals surface area contributed by atoms with Gasteiger partial charge in [0.2, 0.25) is 0 Å². The van der Waals surface area contributed by atoms with E-state index >= 15 is 0 Å². The molecule has 2 radical (unpaired) electrons. The molecule has 1 aromatic rings. The topological polar surface area (TPSA) is 25.4 Å². The van der Waals surface area contributed by atoms with Gasteiger partial charge in [-0.2, -0.15) is 0 Å². The van der Waals surface area contributed by atoms with Crippen LogP contribution in [0, 0.1) is 0 Å². The Bertz CT molecular complexity index is 403. The van der Waals surface area contributed by atoms with Crippen LogP contribution >= 0.6 is 0 Å². The van der Waals surface area contributed by atoms with E-state index in [1.807, 2.05) is 6.20 Å². The van der Waals surface area contributed by atoms with E-state index in [1.165, 1.54) is 9.40 Å². The van der Waals surface area contributed by atoms with E-state index in [0.717, 1.165) is 13.1 Å². The Balaban J connectivity index is 2.05. The van der Waals surface area contributed by atoms with Crippen molar-refractivity contribution in [2.45, 2.75) is 50.3 Å². The summed E-state index contributed by atoms with van der Waals surface area (Å²) in [7, 11) is 0. The summed E-state index contributed by atoms with van der Waals surface area (Å²) < 4.78 is 7.57. The molecule has 0 N–H and O–H groups in total. The fourth-order valence-electron chi connectivity index (χ4n) is 2.42. The van der Waals surface area contributed by atoms with Crippen molar-refractivity contribution >= 4 is 30.5 Å². The number of rotatable bonds is 2. The van der Waals surface area contributed by atoms with Gasteiger partial charge in [-0.05, 0) is 0 Å². The third-order valence-corrected chi connectivity index (χ3v) is 6.75. The molecular weight excluding hydrogens is 343 g/mol. The summed E-state index contributed by atoms with van der Waals surface area (Å²) >= 11 is -0.586. The van der Waals surface area contributed by atoms with Crippen LogP contribution < -0.4 is 8.61 Å². The van der Waals surface area contributed by atoms with Crippen molar-refractivity contribution in [3.05, 3.63) is 18.3 Å². The SMILES string of the molecule is C[C@@H]1CN(c2cc[c]([Sn][C](C)(C)C)nc2)C[C@H](C)O1. The molecular formula is C15H24N2OSn. The van der Waals surface area contributed by atoms with Crippen LogP contribution in [0.1, 0.15) is 34.6 Å². The van der Waals surface area contributed by atoms with E-state index < -0.39 is 21.1 Å². The molecule has 1 saturated heterocycles. The number of aromatic nitrogens is 1. The predicted octanol–water partition coefficient (Wildman–Crippen LogP) is 2.24. The van der Waals surface area contributed by atoms with Gasteiger partial charge in [-0.25, -0.2) is 0 Å². The molecule has 0 unspecified atom stereocenters. The number of anilines is 1. The first-order valence-electron chi connectivity index (χ1n) is 6.98. The molecule has 0 aliphatic carbocycles. The van der Waals surface area contributed by atoms with Gasteiger partial charge in [0.25, 0.3) is 0 Å². The Morgan fingerprint density at radius 3 is 2.32 bits per heavy atom. The maximum atomic E-state index is 5.77. The summed E-state index contributed by atoms with van der Waals surface area (Å²) in [5, 5.41) is 0. The van der Waals surface area contributed by atoms with Crippen LogP contribution in [-0.4, -0.2) is 51.4 Å². The van der Waals surface area contributed by atoms with Crippen molar-refractivity contribution in [2.24, 2.45) is 0 Å². The van der Waals surface area contributed by atoms with E-state index in [9.17, 15) is 0 Å². The monoisotopic (exact) mass is 368 g/mol. The molecule has 0 spiro atoms. The van der Waals surface area contributed by atoms with Crippen LogP contribution in [0.15, 0.2) is 18.3 Å². The number of hydrogen-bond donors (Lipinski definition) is 0. The second-order valence-corrected chi connectivity index (χ2v) is 12.9. The normalized spacial score (nSPS) is 24.6. The third kappa shape index (κ3) is 4.63. The summed E-state index contributed by atoms with van der Waals surface area (Å²) in [5.41, 5.74) is 1.24. The van der Waals surface area contributed by atoms with E-state index in [1.54, 1.807) is 0 Å². The van der Waals surface area contributed by atoms with Crippen molar-refractivity contribution in [2.75, 3.05) is 18.0 Å². The molecule has 3 nitrogen and oxygen atoms in total. The van der Waals surface area contributed by atoms with Gasteiger partial charge >= 0.3 is 127 Å². The molecule has 19 heavy (non-hydrogen) atoms. The van der Waals surface area contributed by atoms with Crippen molar-refractivity contribution < 1.29 is 4.74 Å². The quantitative estimate of drug-likeness (QED) is 0.750. The average molecular weight is 367 g/mol. The van der Waals surface area contributed by atoms with Crippen LogP contribution in [0.3, 0.4) is 0 Å². The van der Waals surface area contributed by atoms with Gasteiger partial charge in [0.05, 0.1) is 0 Å². The molecule has 2 rings (SSSR count). The van der Waals surface area contributed by atoms with Crippen LogP contribution in [0.25, 0.3) is 0 Å². The summed E-state index contributed by atoms with van der Waals surface area (Å²) in [6, 6.07) is 4.47. The number of pyridine rings is 1. The first-order chi connectivity index (χ1) is 8.83. The Hall–Kier alpha value is -0.291. The van der Waals surface area contributed by atoms with Crippen molar-refractivity contribution in [1.29, 1.82) is 0 Å². The summed E-state index contributed by atoms with van der Waals surface area (Å²) in [6.07, 6.45) is 2.65. The number of morpholine rings is 1. The summed E-state index contributed by atoms with van der Waals surface area (Å²) in [6.45, 7) is 13.2. The first kappa shape index (κ1) is 15.1. The van der Waals surface area contributed by atoms with Crippen molar-refractivity contribution in [3.8, 4) is 0 Å². The third-order valence-electron chi connectivity index (χ3n) is 3.04. The molecule has 1 aliphatic rings. The van der Waals surface area contributed by atoms with Crippen LogP contribution in [0.4, 0.5) is 5.69 Å². The first-order valence-corrected chi connectivity index (χ1v) is 9.83. The summed E-state index contributed by atoms with van der Waals surface area (Å²) in [5.74, 6) is 0. The Morgan fingerprint density at radius 2 is 1.84 bits per heavy atom. The molecule has 0 aromatic carbocycles. The molecule has 0 bridgehead atoms. The van der Waals surface area contributed by atoms with E-state index in [2.05, 4.69) is 56.6 Å². The minimum absolute atomic E-state index is 0.300. The fourth-order valence-corrected chi connectivity index (χ4v) is 5.46. The van der Waals surface area contributed by atoms with Gasteiger partial charge in [-0.3, -0.25) is 0 Å². The standard InChI is InChI=1S/C11H15N2O.C4H9.Sn/c1-9-7-13(8-10(2)14-9)11-4-3-5-12-6-11;1-4(2)3;/h3-4,6,9-10H,7-8H2,1-2H3;1-3H3;/t9-,10+;;. The van der Waals surface area contributed by atoms with Crippen LogP contribution in [-0.2, 0) is 4.74 Å². The van der Waals surface area contributed by atoms with Crippen LogP contribution in [0.5, 0.6) is 0 Å². The zero-order chi connectivity index (χ0) is 14.0. The number of ether oxygens (including phenoxy) is 1. The number of hydrogen-bond acceptors (Lipinski definition) is 3. The Labute approximate surface area is 127 Å². The minimum atomic E-state index is -0.586. The van der Waals surface area contributed by atoms with Gasteiger partial charge in [-0.1, -0.05) is 0 Å². The van der Waals surface area contributed by atoms with E-state index in [-0.39, 0.29) is 0 Å². The number of nitrogens with zero attached hydrogens (tertiary/aromatic N) is 2. The molecule has 0 saturated carbocycles. The van der Waals surface area contributed by atoms with Crippen LogP contribution in [0.2, 0.25) is 3.43 Å². The Kier molecular flexibility index (Phi) is 4.77. The van der Waals surface area contributed by atoms with Gasteiger partial charge in [0.1, 0.15) is 0 Å². The summed E-state index contributed by atoms with van der Waals surface area (Å²) in [4.78, 5) is 7.07. The predicted molar refractivity (Wildman–Crippen MR) is 81.6 cm³/mol. The van der Waals surface area contributed by atoms with Gasteiger partial charge in [-0.15, -0.1) is 0 Å². The molecule has 4 heteroatoms. The molecule has 1 aliphatic heterocycles. The molecule has 1 fully saturated rings. The Morgan fingerprint density at radius 1 is 1.21 bits per heavy atom. The van der Waals surface area contributed by atoms with Gasteiger partial charge in [0, 0.05) is 0 Å². The van der Waals surface area contributed by atoms with Crippen molar-refractivity contribution in [1.82, 2.24) is 4.98 Å². The molecule has 104 valence electrons. The second-order valence-electron chi connectivity index (χ2n) is 6.44. The molecule has 1 aromatic heterocycles. The maximum absolute atomic E-state index is 5.77. The molecule has 2 heterocycles. The zero-order valence-corrected chi connectivity index (χ0v) is 15.5. The fraction of sp³-hybridized carbons (Fsp3) is 0.667. The molecule has 2 atom stereocenters. The zero-order valence-electron chi connectivity index (χ0n) is 12.6. The molecule has 0 amide bonds. The van der Waals surface area contributed by atoms with E-state index in [0.29, 0.717) is 15.6 Å².